The molecule has 1 heterocycles. The molecule has 0 aliphatic heterocycles. The van der Waals surface area contributed by atoms with Crippen LogP contribution in [0.25, 0.3) is 0 Å². The number of halogens is 2. The van der Waals surface area contributed by atoms with Crippen LogP contribution in [0.15, 0.2) is 12.3 Å². The molecule has 1 aliphatic carbocycles. The first-order valence-electron chi connectivity index (χ1n) is 6.71. The van der Waals surface area contributed by atoms with Gasteiger partial charge in [0.1, 0.15) is 11.0 Å². The van der Waals surface area contributed by atoms with Gasteiger partial charge in [0, 0.05) is 11.3 Å². The summed E-state index contributed by atoms with van der Waals surface area (Å²) in [5.74, 6) is -0.919. The SMILES string of the molecule is CSC1(CNC(=O)c2cc(F)cnc2Cl)CCCCC1. The zero-order chi connectivity index (χ0) is 14.6. The molecule has 0 saturated heterocycles. The first-order chi connectivity index (χ1) is 9.56. The second kappa shape index (κ2) is 6.76. The van der Waals surface area contributed by atoms with E-state index >= 15 is 0 Å². The number of carbonyl (C=O) groups is 1. The summed E-state index contributed by atoms with van der Waals surface area (Å²) >= 11 is 7.64. The van der Waals surface area contributed by atoms with Crippen molar-refractivity contribution in [1.82, 2.24) is 10.3 Å². The van der Waals surface area contributed by atoms with Crippen molar-refractivity contribution in [2.24, 2.45) is 0 Å². The Morgan fingerprint density at radius 1 is 1.50 bits per heavy atom. The van der Waals surface area contributed by atoms with Crippen LogP contribution in [0.2, 0.25) is 5.15 Å². The Bertz CT molecular complexity index is 492. The standard InChI is InChI=1S/C14H18ClFN2OS/c1-20-14(5-3-2-4-6-14)9-18-13(19)11-7-10(16)8-17-12(11)15/h7-8H,2-6,9H2,1H3,(H,18,19). The van der Waals surface area contributed by atoms with Gasteiger partial charge in [0.15, 0.2) is 0 Å². The summed E-state index contributed by atoms with van der Waals surface area (Å²) in [6, 6.07) is 1.12. The average molecular weight is 317 g/mol. The molecule has 1 fully saturated rings. The van der Waals surface area contributed by atoms with Crippen molar-refractivity contribution in [2.75, 3.05) is 12.8 Å². The zero-order valence-corrected chi connectivity index (χ0v) is 13.0. The van der Waals surface area contributed by atoms with Gasteiger partial charge in [-0.15, -0.1) is 0 Å². The van der Waals surface area contributed by atoms with Crippen molar-refractivity contribution in [2.45, 2.75) is 36.9 Å². The third kappa shape index (κ3) is 3.64. The van der Waals surface area contributed by atoms with Crippen LogP contribution in [0.5, 0.6) is 0 Å². The lowest BCUT2D eigenvalue weighted by molar-refractivity contribution is 0.0946. The molecule has 0 unspecified atom stereocenters. The highest BCUT2D eigenvalue weighted by Gasteiger charge is 2.31. The minimum Gasteiger partial charge on any atom is -0.351 e. The van der Waals surface area contributed by atoms with Crippen LogP contribution in [-0.2, 0) is 0 Å². The van der Waals surface area contributed by atoms with Crippen molar-refractivity contribution in [3.05, 3.63) is 28.8 Å². The van der Waals surface area contributed by atoms with Crippen molar-refractivity contribution in [1.29, 1.82) is 0 Å². The Morgan fingerprint density at radius 3 is 2.85 bits per heavy atom. The van der Waals surface area contributed by atoms with E-state index in [0.717, 1.165) is 25.1 Å². The van der Waals surface area contributed by atoms with Gasteiger partial charge in [-0.3, -0.25) is 4.79 Å². The molecular weight excluding hydrogens is 299 g/mol. The van der Waals surface area contributed by atoms with Crippen molar-refractivity contribution in [3.63, 3.8) is 0 Å². The molecule has 1 aliphatic rings. The summed E-state index contributed by atoms with van der Waals surface area (Å²) in [4.78, 5) is 15.8. The third-order valence-corrected chi connectivity index (χ3v) is 5.54. The van der Waals surface area contributed by atoms with Crippen LogP contribution in [0.3, 0.4) is 0 Å². The molecule has 2 rings (SSSR count). The molecule has 0 atom stereocenters. The van der Waals surface area contributed by atoms with Crippen LogP contribution in [0.4, 0.5) is 4.39 Å². The highest BCUT2D eigenvalue weighted by atomic mass is 35.5. The van der Waals surface area contributed by atoms with Gasteiger partial charge in [0.05, 0.1) is 11.8 Å². The van der Waals surface area contributed by atoms with Gasteiger partial charge in [0.2, 0.25) is 0 Å². The predicted octanol–water partition coefficient (Wildman–Crippen LogP) is 3.67. The molecule has 1 aromatic rings. The van der Waals surface area contributed by atoms with Gasteiger partial charge in [-0.25, -0.2) is 9.37 Å². The summed E-state index contributed by atoms with van der Waals surface area (Å²) in [7, 11) is 0. The fourth-order valence-electron chi connectivity index (χ4n) is 2.57. The van der Waals surface area contributed by atoms with Crippen LogP contribution in [0.1, 0.15) is 42.5 Å². The monoisotopic (exact) mass is 316 g/mol. The lowest BCUT2D eigenvalue weighted by Gasteiger charge is -2.35. The molecule has 0 spiro atoms. The summed E-state index contributed by atoms with van der Waals surface area (Å²) in [6.45, 7) is 0.583. The molecule has 1 aromatic heterocycles. The number of amides is 1. The Balaban J connectivity index is 2.02. The van der Waals surface area contributed by atoms with E-state index in [0.29, 0.717) is 6.54 Å². The van der Waals surface area contributed by atoms with Gasteiger partial charge in [-0.1, -0.05) is 30.9 Å². The van der Waals surface area contributed by atoms with Gasteiger partial charge in [-0.2, -0.15) is 11.8 Å². The quantitative estimate of drug-likeness (QED) is 0.862. The number of carbonyl (C=O) groups excluding carboxylic acids is 1. The second-order valence-corrected chi connectivity index (χ2v) is 6.75. The van der Waals surface area contributed by atoms with Crippen molar-refractivity contribution < 1.29 is 9.18 Å². The lowest BCUT2D eigenvalue weighted by Crippen LogP contribution is -2.41. The molecule has 0 radical (unpaired) electrons. The summed E-state index contributed by atoms with van der Waals surface area (Å²) in [6.07, 6.45) is 8.93. The average Bonchev–Trinajstić information content (AvgIpc) is 2.48. The lowest BCUT2D eigenvalue weighted by atomic mass is 9.88. The fourth-order valence-corrected chi connectivity index (χ4v) is 3.67. The predicted molar refractivity (Wildman–Crippen MR) is 80.9 cm³/mol. The van der Waals surface area contributed by atoms with E-state index in [2.05, 4.69) is 16.6 Å². The maximum absolute atomic E-state index is 13.1. The maximum atomic E-state index is 13.1. The van der Waals surface area contributed by atoms with E-state index in [9.17, 15) is 9.18 Å². The molecule has 1 N–H and O–H groups in total. The van der Waals surface area contributed by atoms with Gasteiger partial charge in [0.25, 0.3) is 5.91 Å². The maximum Gasteiger partial charge on any atom is 0.254 e. The molecule has 1 amide bonds. The minimum absolute atomic E-state index is 0.0331. The second-order valence-electron chi connectivity index (χ2n) is 5.12. The first kappa shape index (κ1) is 15.6. The molecule has 0 bridgehead atoms. The van der Waals surface area contributed by atoms with Gasteiger partial charge < -0.3 is 5.32 Å². The molecule has 6 heteroatoms. The largest absolute Gasteiger partial charge is 0.351 e. The van der Waals surface area contributed by atoms with E-state index in [-0.39, 0.29) is 21.4 Å². The van der Waals surface area contributed by atoms with Crippen LogP contribution in [-0.4, -0.2) is 28.4 Å². The minimum atomic E-state index is -0.559. The number of thioether (sulfide) groups is 1. The topological polar surface area (TPSA) is 42.0 Å². The summed E-state index contributed by atoms with van der Waals surface area (Å²) in [5, 5.41) is 2.91. The Hall–Kier alpha value is -0.810. The van der Waals surface area contributed by atoms with E-state index < -0.39 is 5.82 Å². The highest BCUT2D eigenvalue weighted by molar-refractivity contribution is 8.00. The van der Waals surface area contributed by atoms with Crippen molar-refractivity contribution >= 4 is 29.3 Å². The third-order valence-electron chi connectivity index (χ3n) is 3.82. The Labute approximate surface area is 127 Å². The van der Waals surface area contributed by atoms with E-state index in [1.807, 2.05) is 0 Å². The summed E-state index contributed by atoms with van der Waals surface area (Å²) in [5.41, 5.74) is 0.0960. The van der Waals surface area contributed by atoms with E-state index in [1.54, 1.807) is 11.8 Å². The van der Waals surface area contributed by atoms with Crippen molar-refractivity contribution in [3.8, 4) is 0 Å². The molecule has 3 nitrogen and oxygen atoms in total. The van der Waals surface area contributed by atoms with Crippen LogP contribution >= 0.6 is 23.4 Å². The number of aromatic nitrogens is 1. The van der Waals surface area contributed by atoms with E-state index in [4.69, 9.17) is 11.6 Å². The zero-order valence-electron chi connectivity index (χ0n) is 11.4. The number of rotatable bonds is 4. The number of hydrogen-bond acceptors (Lipinski definition) is 3. The molecule has 0 aromatic carbocycles. The number of pyridine rings is 1. The number of nitrogens with one attached hydrogen (secondary N) is 1. The molecule has 110 valence electrons. The first-order valence-corrected chi connectivity index (χ1v) is 8.31. The smallest absolute Gasteiger partial charge is 0.254 e. The molecule has 1 saturated carbocycles. The summed E-state index contributed by atoms with van der Waals surface area (Å²) < 4.78 is 13.2. The normalized spacial score (nSPS) is 17.8. The fraction of sp³-hybridized carbons (Fsp3) is 0.571. The van der Waals surface area contributed by atoms with E-state index in [1.165, 1.54) is 19.3 Å². The van der Waals surface area contributed by atoms with Crippen LogP contribution < -0.4 is 5.32 Å². The van der Waals surface area contributed by atoms with Gasteiger partial charge in [-0.05, 0) is 25.2 Å². The number of nitrogens with zero attached hydrogens (tertiary/aromatic N) is 1. The Kier molecular flexibility index (Phi) is 5.27. The Morgan fingerprint density at radius 2 is 2.20 bits per heavy atom. The highest BCUT2D eigenvalue weighted by Crippen LogP contribution is 2.38. The molecular formula is C14H18ClFN2OS. The van der Waals surface area contributed by atoms with Crippen LogP contribution in [0, 0.1) is 5.82 Å². The molecule has 20 heavy (non-hydrogen) atoms. The van der Waals surface area contributed by atoms with Gasteiger partial charge >= 0.3 is 0 Å². The number of hydrogen-bond donors (Lipinski definition) is 1.